The van der Waals surface area contributed by atoms with E-state index >= 15 is 0 Å². The van der Waals surface area contributed by atoms with Gasteiger partial charge in [-0.1, -0.05) is 26.7 Å². The number of alkyl carbamates (subject to hydrolysis) is 1. The van der Waals surface area contributed by atoms with Crippen LogP contribution in [0, 0.1) is 5.92 Å². The van der Waals surface area contributed by atoms with Gasteiger partial charge in [-0.25, -0.2) is 4.79 Å². The molecule has 0 spiro atoms. The molecule has 90 valence electrons. The number of carbonyl (C=O) groups is 1. The van der Waals surface area contributed by atoms with Crippen molar-refractivity contribution in [3.8, 4) is 0 Å². The topological polar surface area (TPSA) is 58.6 Å². The van der Waals surface area contributed by atoms with Gasteiger partial charge in [0, 0.05) is 13.2 Å². The molecule has 2 N–H and O–H groups in total. The number of amides is 1. The molecule has 0 saturated carbocycles. The Bertz CT molecular complexity index is 160. The third kappa shape index (κ3) is 11.2. The van der Waals surface area contributed by atoms with E-state index in [1.165, 1.54) is 0 Å². The zero-order valence-corrected chi connectivity index (χ0v) is 9.79. The van der Waals surface area contributed by atoms with Gasteiger partial charge in [0.2, 0.25) is 0 Å². The molecular formula is C11H23NO3. The second-order valence-electron chi connectivity index (χ2n) is 4.06. The summed E-state index contributed by atoms with van der Waals surface area (Å²) in [5.74, 6) is 0.375. The maximum atomic E-state index is 11.1. The molecule has 1 amide bonds. The van der Waals surface area contributed by atoms with Crippen molar-refractivity contribution in [3.63, 3.8) is 0 Å². The van der Waals surface area contributed by atoms with Crippen molar-refractivity contribution < 1.29 is 14.6 Å². The van der Waals surface area contributed by atoms with Crippen LogP contribution in [0.25, 0.3) is 0 Å². The highest BCUT2D eigenvalue weighted by molar-refractivity contribution is 5.66. The van der Waals surface area contributed by atoms with E-state index < -0.39 is 0 Å². The van der Waals surface area contributed by atoms with Crippen LogP contribution in [-0.4, -0.2) is 31.0 Å². The van der Waals surface area contributed by atoms with Gasteiger partial charge in [0.05, 0.1) is 6.61 Å². The zero-order chi connectivity index (χ0) is 11.5. The Morgan fingerprint density at radius 3 is 2.53 bits per heavy atom. The van der Waals surface area contributed by atoms with Crippen LogP contribution < -0.4 is 5.32 Å². The standard InChI is InChI=1S/C11H23NO3/c1-10(2)9-15-11(14)12-7-5-3-4-6-8-13/h10,13H,3-9H2,1-2H3,(H,12,14). The molecule has 0 aromatic carbocycles. The molecule has 0 aromatic heterocycles. The molecule has 4 nitrogen and oxygen atoms in total. The second-order valence-corrected chi connectivity index (χ2v) is 4.06. The number of carbonyl (C=O) groups excluding carboxylic acids is 1. The van der Waals surface area contributed by atoms with Gasteiger partial charge >= 0.3 is 6.09 Å². The number of rotatable bonds is 8. The largest absolute Gasteiger partial charge is 0.449 e. The quantitative estimate of drug-likeness (QED) is 0.611. The summed E-state index contributed by atoms with van der Waals surface area (Å²) in [5, 5.41) is 11.2. The van der Waals surface area contributed by atoms with Gasteiger partial charge in [0.1, 0.15) is 0 Å². The Hall–Kier alpha value is -0.770. The fraction of sp³-hybridized carbons (Fsp3) is 0.909. The second kappa shape index (κ2) is 9.77. The zero-order valence-electron chi connectivity index (χ0n) is 9.79. The van der Waals surface area contributed by atoms with Gasteiger partial charge in [0.15, 0.2) is 0 Å². The molecule has 15 heavy (non-hydrogen) atoms. The van der Waals surface area contributed by atoms with Gasteiger partial charge in [-0.2, -0.15) is 0 Å². The fourth-order valence-corrected chi connectivity index (χ4v) is 1.07. The van der Waals surface area contributed by atoms with Crippen LogP contribution in [0.3, 0.4) is 0 Å². The highest BCUT2D eigenvalue weighted by atomic mass is 16.5. The van der Waals surface area contributed by atoms with Crippen LogP contribution in [0.4, 0.5) is 4.79 Å². The predicted molar refractivity (Wildman–Crippen MR) is 59.7 cm³/mol. The summed E-state index contributed by atoms with van der Waals surface area (Å²) < 4.78 is 4.94. The van der Waals surface area contributed by atoms with E-state index in [9.17, 15) is 4.79 Å². The molecule has 0 heterocycles. The summed E-state index contributed by atoms with van der Waals surface area (Å²) in [4.78, 5) is 11.1. The lowest BCUT2D eigenvalue weighted by Crippen LogP contribution is -2.26. The minimum atomic E-state index is -0.328. The minimum absolute atomic E-state index is 0.254. The van der Waals surface area contributed by atoms with Gasteiger partial charge in [-0.15, -0.1) is 0 Å². The number of unbranched alkanes of at least 4 members (excludes halogenated alkanes) is 3. The summed E-state index contributed by atoms with van der Waals surface area (Å²) in [6, 6.07) is 0. The Kier molecular flexibility index (Phi) is 9.27. The molecule has 0 atom stereocenters. The smallest absolute Gasteiger partial charge is 0.407 e. The first-order chi connectivity index (χ1) is 7.16. The van der Waals surface area contributed by atoms with Gasteiger partial charge in [-0.3, -0.25) is 0 Å². The maximum absolute atomic E-state index is 11.1. The molecular weight excluding hydrogens is 194 g/mol. The number of aliphatic hydroxyl groups is 1. The Balaban J connectivity index is 3.17. The molecule has 0 saturated heterocycles. The highest BCUT2D eigenvalue weighted by Gasteiger charge is 2.01. The van der Waals surface area contributed by atoms with Gasteiger partial charge < -0.3 is 15.2 Å². The van der Waals surface area contributed by atoms with E-state index in [4.69, 9.17) is 9.84 Å². The van der Waals surface area contributed by atoms with Crippen LogP contribution in [0.1, 0.15) is 39.5 Å². The molecule has 0 fully saturated rings. The summed E-state index contributed by atoms with van der Waals surface area (Å²) >= 11 is 0. The first-order valence-electron chi connectivity index (χ1n) is 5.68. The van der Waals surface area contributed by atoms with Crippen molar-refractivity contribution in [1.82, 2.24) is 5.32 Å². The van der Waals surface area contributed by atoms with Crippen LogP contribution >= 0.6 is 0 Å². The van der Waals surface area contributed by atoms with Crippen molar-refractivity contribution in [3.05, 3.63) is 0 Å². The highest BCUT2D eigenvalue weighted by Crippen LogP contribution is 1.98. The van der Waals surface area contributed by atoms with E-state index in [1.54, 1.807) is 0 Å². The van der Waals surface area contributed by atoms with E-state index in [1.807, 2.05) is 13.8 Å². The number of hydrogen-bond donors (Lipinski definition) is 2. The van der Waals surface area contributed by atoms with Crippen LogP contribution in [0.5, 0.6) is 0 Å². The lowest BCUT2D eigenvalue weighted by molar-refractivity contribution is 0.133. The number of hydrogen-bond acceptors (Lipinski definition) is 3. The van der Waals surface area contributed by atoms with Crippen molar-refractivity contribution in [1.29, 1.82) is 0 Å². The van der Waals surface area contributed by atoms with Crippen LogP contribution in [0.15, 0.2) is 0 Å². The number of aliphatic hydroxyl groups excluding tert-OH is 1. The molecule has 0 unspecified atom stereocenters. The van der Waals surface area contributed by atoms with Crippen LogP contribution in [0.2, 0.25) is 0 Å². The normalized spacial score (nSPS) is 10.4. The van der Waals surface area contributed by atoms with Gasteiger partial charge in [-0.05, 0) is 18.8 Å². The van der Waals surface area contributed by atoms with Crippen LogP contribution in [-0.2, 0) is 4.74 Å². The van der Waals surface area contributed by atoms with E-state index in [0.717, 1.165) is 25.7 Å². The lowest BCUT2D eigenvalue weighted by Gasteiger charge is -2.08. The van der Waals surface area contributed by atoms with E-state index in [-0.39, 0.29) is 12.7 Å². The molecule has 0 aromatic rings. The number of ether oxygens (including phenoxy) is 1. The average Bonchev–Trinajstić information content (AvgIpc) is 2.20. The minimum Gasteiger partial charge on any atom is -0.449 e. The molecule has 0 radical (unpaired) electrons. The first kappa shape index (κ1) is 14.2. The van der Waals surface area contributed by atoms with E-state index in [2.05, 4.69) is 5.32 Å². The Morgan fingerprint density at radius 1 is 1.27 bits per heavy atom. The fourth-order valence-electron chi connectivity index (χ4n) is 1.07. The monoisotopic (exact) mass is 217 g/mol. The number of nitrogens with one attached hydrogen (secondary N) is 1. The predicted octanol–water partition coefficient (Wildman–Crippen LogP) is 1.92. The molecule has 0 aliphatic carbocycles. The third-order valence-electron chi connectivity index (χ3n) is 1.90. The van der Waals surface area contributed by atoms with Crippen molar-refractivity contribution >= 4 is 6.09 Å². The molecule has 0 rings (SSSR count). The molecule has 0 aliphatic heterocycles. The summed E-state index contributed by atoms with van der Waals surface area (Å²) in [6.45, 7) is 5.38. The van der Waals surface area contributed by atoms with Crippen molar-refractivity contribution in [2.24, 2.45) is 5.92 Å². The maximum Gasteiger partial charge on any atom is 0.407 e. The SMILES string of the molecule is CC(C)COC(=O)NCCCCCCO. The third-order valence-corrected chi connectivity index (χ3v) is 1.90. The molecule has 4 heteroatoms. The van der Waals surface area contributed by atoms with Crippen molar-refractivity contribution in [2.45, 2.75) is 39.5 Å². The lowest BCUT2D eigenvalue weighted by atomic mass is 10.2. The molecule has 0 bridgehead atoms. The summed E-state index contributed by atoms with van der Waals surface area (Å²) in [7, 11) is 0. The Labute approximate surface area is 92.0 Å². The first-order valence-corrected chi connectivity index (χ1v) is 5.68. The summed E-state index contributed by atoms with van der Waals surface area (Å²) in [5.41, 5.74) is 0. The molecule has 0 aliphatic rings. The summed E-state index contributed by atoms with van der Waals surface area (Å²) in [6.07, 6.45) is 3.50. The average molecular weight is 217 g/mol. The van der Waals surface area contributed by atoms with Crippen molar-refractivity contribution in [2.75, 3.05) is 19.8 Å². The Morgan fingerprint density at radius 2 is 1.93 bits per heavy atom. The van der Waals surface area contributed by atoms with Gasteiger partial charge in [0.25, 0.3) is 0 Å². The van der Waals surface area contributed by atoms with E-state index in [0.29, 0.717) is 19.1 Å².